The van der Waals surface area contributed by atoms with Crippen LogP contribution in [0.4, 0.5) is 10.8 Å². The molecule has 19 heavy (non-hydrogen) atoms. The molecule has 0 saturated carbocycles. The van der Waals surface area contributed by atoms with Crippen LogP contribution in [0.25, 0.3) is 0 Å². The number of aromatic nitrogens is 2. The lowest BCUT2D eigenvalue weighted by Gasteiger charge is -2.06. The van der Waals surface area contributed by atoms with Crippen LogP contribution in [0.15, 0.2) is 18.3 Å². The Labute approximate surface area is 114 Å². The topological polar surface area (TPSA) is 90.1 Å². The molecule has 0 aliphatic carbocycles. The number of ether oxygens (including phenoxy) is 1. The van der Waals surface area contributed by atoms with Crippen LogP contribution in [-0.2, 0) is 11.3 Å². The maximum Gasteiger partial charge on any atom is 0.344 e. The fourth-order valence-corrected chi connectivity index (χ4v) is 2.20. The van der Waals surface area contributed by atoms with E-state index in [1.807, 2.05) is 19.1 Å². The number of nitrogens with one attached hydrogen (secondary N) is 1. The van der Waals surface area contributed by atoms with Crippen molar-refractivity contribution in [1.29, 1.82) is 0 Å². The predicted octanol–water partition coefficient (Wildman–Crippen LogP) is 1.83. The highest BCUT2D eigenvalue weighted by Crippen LogP contribution is 2.27. The predicted molar refractivity (Wildman–Crippen MR) is 74.2 cm³/mol. The van der Waals surface area contributed by atoms with E-state index in [4.69, 9.17) is 5.73 Å². The van der Waals surface area contributed by atoms with Crippen LogP contribution in [0, 0.1) is 6.92 Å². The fraction of sp³-hybridized carbons (Fsp3) is 0.250. The molecule has 3 N–H and O–H groups in total. The smallest absolute Gasteiger partial charge is 0.344 e. The van der Waals surface area contributed by atoms with Gasteiger partial charge in [-0.15, -0.1) is 0 Å². The summed E-state index contributed by atoms with van der Waals surface area (Å²) in [5.41, 5.74) is 7.90. The van der Waals surface area contributed by atoms with Crippen LogP contribution in [0.3, 0.4) is 0 Å². The van der Waals surface area contributed by atoms with Gasteiger partial charge in [0.05, 0.1) is 7.11 Å². The van der Waals surface area contributed by atoms with E-state index in [2.05, 4.69) is 19.4 Å². The van der Waals surface area contributed by atoms with Gasteiger partial charge in [-0.2, -0.15) is 4.37 Å². The summed E-state index contributed by atoms with van der Waals surface area (Å²) >= 11 is 1.13. The van der Waals surface area contributed by atoms with Crippen LogP contribution in [0.5, 0.6) is 0 Å². The van der Waals surface area contributed by atoms with E-state index in [1.54, 1.807) is 6.20 Å². The minimum Gasteiger partial charge on any atom is -0.465 e. The van der Waals surface area contributed by atoms with Crippen molar-refractivity contribution in [3.63, 3.8) is 0 Å². The van der Waals surface area contributed by atoms with Gasteiger partial charge in [0.2, 0.25) is 0 Å². The van der Waals surface area contributed by atoms with Crippen molar-refractivity contribution in [2.75, 3.05) is 18.2 Å². The van der Waals surface area contributed by atoms with E-state index in [0.717, 1.165) is 22.8 Å². The number of carbonyl (C=O) groups excluding carboxylic acids is 1. The van der Waals surface area contributed by atoms with Crippen LogP contribution < -0.4 is 11.1 Å². The Kier molecular flexibility index (Phi) is 3.96. The summed E-state index contributed by atoms with van der Waals surface area (Å²) < 4.78 is 8.63. The van der Waals surface area contributed by atoms with Gasteiger partial charge in [0, 0.05) is 18.4 Å². The summed E-state index contributed by atoms with van der Waals surface area (Å²) in [4.78, 5) is 15.8. The van der Waals surface area contributed by atoms with Gasteiger partial charge in [-0.05, 0) is 30.1 Å². The van der Waals surface area contributed by atoms with Crippen molar-refractivity contribution in [3.05, 3.63) is 35.2 Å². The Balaban J connectivity index is 2.11. The second-order valence-electron chi connectivity index (χ2n) is 3.92. The second-order valence-corrected chi connectivity index (χ2v) is 4.70. The highest BCUT2D eigenvalue weighted by molar-refractivity contribution is 7.11. The molecule has 2 rings (SSSR count). The molecule has 0 unspecified atom stereocenters. The van der Waals surface area contributed by atoms with Gasteiger partial charge in [-0.25, -0.2) is 4.79 Å². The lowest BCUT2D eigenvalue weighted by molar-refractivity contribution is 0.0603. The number of nitrogen functional groups attached to an aromatic ring is 1. The monoisotopic (exact) mass is 278 g/mol. The molecule has 7 heteroatoms. The molecule has 0 atom stereocenters. The third kappa shape index (κ3) is 3.00. The van der Waals surface area contributed by atoms with Crippen LogP contribution in [0.1, 0.15) is 21.6 Å². The largest absolute Gasteiger partial charge is 0.465 e. The SMILES string of the molecule is COC(=O)c1c(N)nsc1NCc1ccc(C)nc1. The van der Waals surface area contributed by atoms with Crippen molar-refractivity contribution in [2.45, 2.75) is 13.5 Å². The van der Waals surface area contributed by atoms with Gasteiger partial charge in [0.15, 0.2) is 5.82 Å². The standard InChI is InChI=1S/C12H14N4O2S/c1-7-3-4-8(5-14-7)6-15-11-9(12(17)18-2)10(13)16-19-11/h3-5,15H,6H2,1-2H3,(H2,13,16). The summed E-state index contributed by atoms with van der Waals surface area (Å²) in [6, 6.07) is 3.90. The molecular formula is C12H14N4O2S. The number of pyridine rings is 1. The second kappa shape index (κ2) is 5.66. The maximum absolute atomic E-state index is 11.6. The van der Waals surface area contributed by atoms with Gasteiger partial charge in [0.1, 0.15) is 10.6 Å². The number of aryl methyl sites for hydroxylation is 1. The minimum absolute atomic E-state index is 0.182. The van der Waals surface area contributed by atoms with Crippen LogP contribution in [-0.4, -0.2) is 22.4 Å². The Hall–Kier alpha value is -2.15. The molecule has 0 aromatic carbocycles. The van der Waals surface area contributed by atoms with Crippen LogP contribution >= 0.6 is 11.5 Å². The number of carbonyl (C=O) groups is 1. The minimum atomic E-state index is -0.490. The third-order valence-electron chi connectivity index (χ3n) is 2.53. The zero-order chi connectivity index (χ0) is 13.8. The number of anilines is 2. The van der Waals surface area contributed by atoms with E-state index in [-0.39, 0.29) is 11.4 Å². The zero-order valence-electron chi connectivity index (χ0n) is 10.6. The molecule has 2 aromatic heterocycles. The molecule has 100 valence electrons. The molecule has 0 bridgehead atoms. The Bertz CT molecular complexity index is 580. The zero-order valence-corrected chi connectivity index (χ0v) is 11.5. The summed E-state index contributed by atoms with van der Waals surface area (Å²) in [6.45, 7) is 2.47. The lowest BCUT2D eigenvalue weighted by Crippen LogP contribution is -2.08. The fourth-order valence-electron chi connectivity index (χ4n) is 1.51. The van der Waals surface area contributed by atoms with E-state index in [1.165, 1.54) is 7.11 Å². The molecule has 6 nitrogen and oxygen atoms in total. The Morgan fingerprint density at radius 3 is 2.95 bits per heavy atom. The first-order chi connectivity index (χ1) is 9.11. The molecule has 0 saturated heterocycles. The molecular weight excluding hydrogens is 264 g/mol. The summed E-state index contributed by atoms with van der Waals surface area (Å²) in [5.74, 6) is -0.308. The first kappa shape index (κ1) is 13.3. The lowest BCUT2D eigenvalue weighted by atomic mass is 10.2. The van der Waals surface area contributed by atoms with E-state index < -0.39 is 5.97 Å². The van der Waals surface area contributed by atoms with Crippen molar-refractivity contribution >= 4 is 28.3 Å². The maximum atomic E-state index is 11.6. The molecule has 0 aliphatic rings. The number of hydrogen-bond acceptors (Lipinski definition) is 7. The first-order valence-corrected chi connectivity index (χ1v) is 6.38. The Morgan fingerprint density at radius 1 is 1.53 bits per heavy atom. The van der Waals surface area contributed by atoms with Gasteiger partial charge in [-0.3, -0.25) is 4.98 Å². The molecule has 0 amide bonds. The Morgan fingerprint density at radius 2 is 2.32 bits per heavy atom. The summed E-state index contributed by atoms with van der Waals surface area (Å²) in [5, 5.41) is 3.72. The van der Waals surface area contributed by atoms with Crippen molar-refractivity contribution in [1.82, 2.24) is 9.36 Å². The van der Waals surface area contributed by atoms with Crippen molar-refractivity contribution < 1.29 is 9.53 Å². The number of hydrogen-bond donors (Lipinski definition) is 2. The van der Waals surface area contributed by atoms with E-state index in [0.29, 0.717) is 11.5 Å². The molecule has 0 aliphatic heterocycles. The average Bonchev–Trinajstić information content (AvgIpc) is 2.78. The number of nitrogens with two attached hydrogens (primary N) is 1. The highest BCUT2D eigenvalue weighted by atomic mass is 32.1. The third-order valence-corrected chi connectivity index (χ3v) is 3.35. The van der Waals surface area contributed by atoms with Gasteiger partial charge in [0.25, 0.3) is 0 Å². The first-order valence-electron chi connectivity index (χ1n) is 5.60. The summed E-state index contributed by atoms with van der Waals surface area (Å²) in [6.07, 6.45) is 1.78. The average molecular weight is 278 g/mol. The van der Waals surface area contributed by atoms with E-state index in [9.17, 15) is 4.79 Å². The van der Waals surface area contributed by atoms with Crippen molar-refractivity contribution in [2.24, 2.45) is 0 Å². The van der Waals surface area contributed by atoms with Gasteiger partial charge < -0.3 is 15.8 Å². The highest BCUT2D eigenvalue weighted by Gasteiger charge is 2.19. The number of methoxy groups -OCH3 is 1. The van der Waals surface area contributed by atoms with Gasteiger partial charge in [-0.1, -0.05) is 6.07 Å². The number of nitrogens with zero attached hydrogens (tertiary/aromatic N) is 2. The quantitative estimate of drug-likeness (QED) is 0.829. The van der Waals surface area contributed by atoms with Gasteiger partial charge >= 0.3 is 5.97 Å². The number of esters is 1. The molecule has 0 radical (unpaired) electrons. The summed E-state index contributed by atoms with van der Waals surface area (Å²) in [7, 11) is 1.31. The molecule has 0 spiro atoms. The van der Waals surface area contributed by atoms with Crippen LogP contribution in [0.2, 0.25) is 0 Å². The normalized spacial score (nSPS) is 10.2. The molecule has 2 aromatic rings. The van der Waals surface area contributed by atoms with Crippen molar-refractivity contribution in [3.8, 4) is 0 Å². The number of rotatable bonds is 4. The molecule has 2 heterocycles. The van der Waals surface area contributed by atoms with E-state index >= 15 is 0 Å². The molecule has 0 fully saturated rings.